The van der Waals surface area contributed by atoms with Crippen LogP contribution in [0.5, 0.6) is 0 Å². The number of carboxylic acid groups (broad SMARTS) is 1. The third kappa shape index (κ3) is 3.21. The molecule has 0 bridgehead atoms. The molecule has 1 N–H and O–H groups in total. The van der Waals surface area contributed by atoms with Gasteiger partial charge in [-0.2, -0.15) is 0 Å². The van der Waals surface area contributed by atoms with E-state index < -0.39 is 5.97 Å². The molecule has 7 heteroatoms. The van der Waals surface area contributed by atoms with E-state index in [9.17, 15) is 9.59 Å². The molecule has 18 heavy (non-hydrogen) atoms. The molecule has 2 heterocycles. The van der Waals surface area contributed by atoms with Crippen LogP contribution in [0, 0.1) is 2.88 Å². The molecule has 1 aromatic rings. The normalized spacial score (nSPS) is 19.8. The van der Waals surface area contributed by atoms with E-state index in [4.69, 9.17) is 9.84 Å². The van der Waals surface area contributed by atoms with E-state index in [2.05, 4.69) is 22.6 Å². The minimum absolute atomic E-state index is 0.0764. The Kier molecular flexibility index (Phi) is 4.57. The molecule has 1 fully saturated rings. The molecule has 1 amide bonds. The van der Waals surface area contributed by atoms with Gasteiger partial charge in [-0.1, -0.05) is 0 Å². The first-order valence-corrected chi connectivity index (χ1v) is 7.38. The molecule has 1 unspecified atom stereocenters. The number of carboxylic acids is 1. The molecular formula is C11H12INO4S. The smallest absolute Gasteiger partial charge is 0.305 e. The first-order chi connectivity index (χ1) is 8.58. The van der Waals surface area contributed by atoms with Crippen molar-refractivity contribution in [2.45, 2.75) is 12.5 Å². The second kappa shape index (κ2) is 5.98. The van der Waals surface area contributed by atoms with Gasteiger partial charge in [-0.05, 0) is 28.7 Å². The molecular weight excluding hydrogens is 369 g/mol. The van der Waals surface area contributed by atoms with Gasteiger partial charge in [0.15, 0.2) is 0 Å². The highest BCUT2D eigenvalue weighted by atomic mass is 127. The maximum atomic E-state index is 12.3. The number of amides is 1. The van der Waals surface area contributed by atoms with Crippen molar-refractivity contribution in [2.24, 2.45) is 0 Å². The van der Waals surface area contributed by atoms with E-state index in [-0.39, 0.29) is 18.4 Å². The summed E-state index contributed by atoms with van der Waals surface area (Å²) in [5.41, 5.74) is 0.627. The van der Waals surface area contributed by atoms with Gasteiger partial charge < -0.3 is 14.7 Å². The summed E-state index contributed by atoms with van der Waals surface area (Å²) in [5.74, 6) is -1.02. The fraction of sp³-hybridized carbons (Fsp3) is 0.455. The van der Waals surface area contributed by atoms with Gasteiger partial charge in [-0.15, -0.1) is 11.3 Å². The minimum atomic E-state index is -0.914. The molecule has 0 aliphatic carbocycles. The lowest BCUT2D eigenvalue weighted by Gasteiger charge is -2.34. The van der Waals surface area contributed by atoms with Crippen LogP contribution in [0.2, 0.25) is 0 Å². The van der Waals surface area contributed by atoms with Crippen molar-refractivity contribution >= 4 is 45.8 Å². The quantitative estimate of drug-likeness (QED) is 0.810. The lowest BCUT2D eigenvalue weighted by atomic mass is 10.1. The first kappa shape index (κ1) is 13.8. The minimum Gasteiger partial charge on any atom is -0.481 e. The standard InChI is InChI=1S/C11H12INO4S/c12-9-3-7(6-18-9)11(16)13-1-2-17-5-8(13)4-10(14)15/h3,6,8H,1-2,4-5H2,(H,14,15). The number of ether oxygens (including phenoxy) is 1. The van der Waals surface area contributed by atoms with Gasteiger partial charge in [-0.25, -0.2) is 0 Å². The number of carbonyl (C=O) groups excluding carboxylic acids is 1. The van der Waals surface area contributed by atoms with E-state index in [0.717, 1.165) is 2.88 Å². The molecule has 1 atom stereocenters. The van der Waals surface area contributed by atoms with E-state index >= 15 is 0 Å². The number of hydrogen-bond donors (Lipinski definition) is 1. The molecule has 0 saturated carbocycles. The molecule has 5 nitrogen and oxygen atoms in total. The maximum Gasteiger partial charge on any atom is 0.305 e. The Labute approximate surface area is 122 Å². The van der Waals surface area contributed by atoms with Crippen molar-refractivity contribution in [1.82, 2.24) is 4.90 Å². The van der Waals surface area contributed by atoms with Crippen molar-refractivity contribution < 1.29 is 19.4 Å². The SMILES string of the molecule is O=C(O)CC1COCCN1C(=O)c1csc(I)c1. The summed E-state index contributed by atoms with van der Waals surface area (Å²) in [5, 5.41) is 10.7. The third-order valence-corrected chi connectivity index (χ3v) is 4.50. The number of halogens is 1. The van der Waals surface area contributed by atoms with Crippen molar-refractivity contribution in [1.29, 1.82) is 0 Å². The average molecular weight is 381 g/mol. The number of aliphatic carboxylic acids is 1. The second-order valence-corrected chi connectivity index (χ2v) is 6.77. The van der Waals surface area contributed by atoms with Crippen LogP contribution < -0.4 is 0 Å². The maximum absolute atomic E-state index is 12.3. The summed E-state index contributed by atoms with van der Waals surface area (Å²) in [4.78, 5) is 24.7. The van der Waals surface area contributed by atoms with Crippen molar-refractivity contribution in [3.63, 3.8) is 0 Å². The van der Waals surface area contributed by atoms with Crippen LogP contribution in [0.4, 0.5) is 0 Å². The summed E-state index contributed by atoms with van der Waals surface area (Å²) in [7, 11) is 0. The number of rotatable bonds is 3. The van der Waals surface area contributed by atoms with E-state index in [1.165, 1.54) is 11.3 Å². The second-order valence-electron chi connectivity index (χ2n) is 3.96. The van der Waals surface area contributed by atoms with E-state index in [1.54, 1.807) is 10.3 Å². The first-order valence-electron chi connectivity index (χ1n) is 5.42. The average Bonchev–Trinajstić information content (AvgIpc) is 2.75. The van der Waals surface area contributed by atoms with Gasteiger partial charge in [0.1, 0.15) is 0 Å². The molecule has 1 saturated heterocycles. The highest BCUT2D eigenvalue weighted by Gasteiger charge is 2.30. The summed E-state index contributed by atoms with van der Waals surface area (Å²) in [6, 6.07) is 1.45. The van der Waals surface area contributed by atoms with Gasteiger partial charge in [0.25, 0.3) is 5.91 Å². The van der Waals surface area contributed by atoms with Crippen LogP contribution >= 0.6 is 33.9 Å². The Hall–Kier alpha value is -0.670. The summed E-state index contributed by atoms with van der Waals surface area (Å²) < 4.78 is 6.29. The summed E-state index contributed by atoms with van der Waals surface area (Å²) in [6.07, 6.45) is -0.0764. The molecule has 0 radical (unpaired) electrons. The molecule has 1 aliphatic rings. The fourth-order valence-corrected chi connectivity index (χ4v) is 3.20. The van der Waals surface area contributed by atoms with Crippen molar-refractivity contribution in [2.75, 3.05) is 19.8 Å². The van der Waals surface area contributed by atoms with Crippen LogP contribution in [0.25, 0.3) is 0 Å². The highest BCUT2D eigenvalue weighted by Crippen LogP contribution is 2.21. The van der Waals surface area contributed by atoms with Crippen LogP contribution in [-0.4, -0.2) is 47.7 Å². The molecule has 2 rings (SSSR count). The van der Waals surface area contributed by atoms with Gasteiger partial charge in [0, 0.05) is 11.9 Å². The van der Waals surface area contributed by atoms with E-state index in [0.29, 0.717) is 25.3 Å². The summed E-state index contributed by atoms with van der Waals surface area (Å²) in [6.45, 7) is 1.20. The molecule has 0 spiro atoms. The Morgan fingerprint density at radius 2 is 2.39 bits per heavy atom. The fourth-order valence-electron chi connectivity index (χ4n) is 1.88. The Bertz CT molecular complexity index is 462. The number of nitrogens with zero attached hydrogens (tertiary/aromatic N) is 1. The van der Waals surface area contributed by atoms with Gasteiger partial charge >= 0.3 is 5.97 Å². The Morgan fingerprint density at radius 1 is 1.61 bits per heavy atom. The third-order valence-electron chi connectivity index (χ3n) is 2.71. The van der Waals surface area contributed by atoms with Gasteiger partial charge in [-0.3, -0.25) is 9.59 Å². The topological polar surface area (TPSA) is 66.8 Å². The number of morpholine rings is 1. The molecule has 98 valence electrons. The monoisotopic (exact) mass is 381 g/mol. The Balaban J connectivity index is 2.13. The zero-order valence-electron chi connectivity index (χ0n) is 9.47. The van der Waals surface area contributed by atoms with Crippen molar-refractivity contribution in [3.8, 4) is 0 Å². The van der Waals surface area contributed by atoms with Crippen LogP contribution in [0.15, 0.2) is 11.4 Å². The van der Waals surface area contributed by atoms with Crippen LogP contribution in [-0.2, 0) is 9.53 Å². The number of carbonyl (C=O) groups is 2. The summed E-state index contributed by atoms with van der Waals surface area (Å²) >= 11 is 3.66. The molecule has 0 aromatic carbocycles. The highest BCUT2D eigenvalue weighted by molar-refractivity contribution is 14.1. The van der Waals surface area contributed by atoms with Gasteiger partial charge in [0.05, 0.1) is 34.1 Å². The van der Waals surface area contributed by atoms with E-state index in [1.807, 2.05) is 6.07 Å². The number of hydrogen-bond acceptors (Lipinski definition) is 4. The predicted molar refractivity (Wildman–Crippen MR) is 74.9 cm³/mol. The lowest BCUT2D eigenvalue weighted by Crippen LogP contribution is -2.49. The largest absolute Gasteiger partial charge is 0.481 e. The zero-order chi connectivity index (χ0) is 13.1. The lowest BCUT2D eigenvalue weighted by molar-refractivity contribution is -0.139. The Morgan fingerprint density at radius 3 is 3.00 bits per heavy atom. The molecule has 1 aliphatic heterocycles. The van der Waals surface area contributed by atoms with Crippen LogP contribution in [0.1, 0.15) is 16.8 Å². The predicted octanol–water partition coefficient (Wildman–Crippen LogP) is 1.67. The zero-order valence-corrected chi connectivity index (χ0v) is 12.4. The molecule has 1 aromatic heterocycles. The van der Waals surface area contributed by atoms with Crippen LogP contribution in [0.3, 0.4) is 0 Å². The number of thiophene rings is 1. The van der Waals surface area contributed by atoms with Gasteiger partial charge in [0.2, 0.25) is 0 Å². The van der Waals surface area contributed by atoms with Crippen molar-refractivity contribution in [3.05, 3.63) is 19.9 Å².